The Bertz CT molecular complexity index is 614. The van der Waals surface area contributed by atoms with Crippen molar-refractivity contribution in [2.75, 3.05) is 5.32 Å². The Labute approximate surface area is 121 Å². The average Bonchev–Trinajstić information content (AvgIpc) is 2.46. The van der Waals surface area contributed by atoms with E-state index in [4.69, 9.17) is 11.6 Å². The van der Waals surface area contributed by atoms with Gasteiger partial charge in [-0.1, -0.05) is 29.8 Å². The highest BCUT2D eigenvalue weighted by molar-refractivity contribution is 6.31. The first kappa shape index (κ1) is 14.2. The summed E-state index contributed by atoms with van der Waals surface area (Å²) in [6, 6.07) is 11.9. The molecular formula is C15H13ClN2O2. The molecule has 102 valence electrons. The number of pyridine rings is 1. The number of carbonyl (C=O) groups is 2. The normalized spacial score (nSPS) is 10.1. The zero-order valence-electron chi connectivity index (χ0n) is 10.7. The van der Waals surface area contributed by atoms with E-state index in [0.29, 0.717) is 16.4 Å². The van der Waals surface area contributed by atoms with Gasteiger partial charge in [-0.3, -0.25) is 9.59 Å². The van der Waals surface area contributed by atoms with Crippen molar-refractivity contribution in [3.05, 3.63) is 59.2 Å². The molecule has 5 heteroatoms. The summed E-state index contributed by atoms with van der Waals surface area (Å²) in [5, 5.41) is 3.14. The van der Waals surface area contributed by atoms with E-state index < -0.39 is 0 Å². The van der Waals surface area contributed by atoms with Crippen molar-refractivity contribution < 1.29 is 9.59 Å². The molecule has 0 atom stereocenters. The van der Waals surface area contributed by atoms with Gasteiger partial charge in [0.25, 0.3) is 0 Å². The summed E-state index contributed by atoms with van der Waals surface area (Å²) >= 11 is 5.82. The highest BCUT2D eigenvalue weighted by Crippen LogP contribution is 2.13. The average molecular weight is 289 g/mol. The number of nitrogens with zero attached hydrogens (tertiary/aromatic N) is 1. The summed E-state index contributed by atoms with van der Waals surface area (Å²) in [4.78, 5) is 27.6. The summed E-state index contributed by atoms with van der Waals surface area (Å²) in [5.41, 5.74) is 0.517. The van der Waals surface area contributed by atoms with Gasteiger partial charge in [-0.25, -0.2) is 4.98 Å². The van der Waals surface area contributed by atoms with Gasteiger partial charge in [0.15, 0.2) is 5.78 Å². The molecule has 0 aliphatic rings. The summed E-state index contributed by atoms with van der Waals surface area (Å²) in [6.07, 6.45) is 1.84. The molecule has 0 aliphatic heterocycles. The lowest BCUT2D eigenvalue weighted by molar-refractivity contribution is -0.116. The Morgan fingerprint density at radius 2 is 1.95 bits per heavy atom. The number of anilines is 1. The van der Waals surface area contributed by atoms with E-state index in [1.165, 1.54) is 0 Å². The van der Waals surface area contributed by atoms with E-state index in [9.17, 15) is 9.59 Å². The van der Waals surface area contributed by atoms with Crippen LogP contribution in [0, 0.1) is 0 Å². The minimum absolute atomic E-state index is 0.108. The SMILES string of the molecule is O=C(CCC(=O)c1cccc(Cl)c1)Nc1ccccn1. The number of rotatable bonds is 5. The molecule has 1 amide bonds. The molecule has 1 aromatic carbocycles. The highest BCUT2D eigenvalue weighted by Gasteiger charge is 2.10. The van der Waals surface area contributed by atoms with Crippen LogP contribution >= 0.6 is 11.6 Å². The molecule has 4 nitrogen and oxygen atoms in total. The first-order valence-electron chi connectivity index (χ1n) is 6.15. The van der Waals surface area contributed by atoms with Crippen molar-refractivity contribution in [3.8, 4) is 0 Å². The van der Waals surface area contributed by atoms with E-state index in [1.54, 1.807) is 48.7 Å². The van der Waals surface area contributed by atoms with Crippen molar-refractivity contribution in [2.45, 2.75) is 12.8 Å². The number of carbonyl (C=O) groups excluding carboxylic acids is 2. The lowest BCUT2D eigenvalue weighted by Gasteiger charge is -2.04. The quantitative estimate of drug-likeness (QED) is 0.859. The van der Waals surface area contributed by atoms with Gasteiger partial charge in [-0.15, -0.1) is 0 Å². The fraction of sp³-hybridized carbons (Fsp3) is 0.133. The van der Waals surface area contributed by atoms with E-state index >= 15 is 0 Å². The van der Waals surface area contributed by atoms with Crippen LogP contribution in [0.2, 0.25) is 5.02 Å². The molecule has 0 spiro atoms. The van der Waals surface area contributed by atoms with E-state index in [-0.39, 0.29) is 24.5 Å². The molecule has 0 fully saturated rings. The number of ketones is 1. The smallest absolute Gasteiger partial charge is 0.225 e. The lowest BCUT2D eigenvalue weighted by atomic mass is 10.1. The molecule has 0 saturated heterocycles. The maximum absolute atomic E-state index is 11.9. The van der Waals surface area contributed by atoms with Crippen LogP contribution in [0.15, 0.2) is 48.7 Å². The summed E-state index contributed by atoms with van der Waals surface area (Å²) in [6.45, 7) is 0. The van der Waals surface area contributed by atoms with Gasteiger partial charge >= 0.3 is 0 Å². The largest absolute Gasteiger partial charge is 0.311 e. The van der Waals surface area contributed by atoms with Gasteiger partial charge in [0, 0.05) is 29.6 Å². The van der Waals surface area contributed by atoms with Gasteiger partial charge in [0.1, 0.15) is 5.82 Å². The number of nitrogens with one attached hydrogen (secondary N) is 1. The number of halogens is 1. The van der Waals surface area contributed by atoms with Gasteiger partial charge in [0.2, 0.25) is 5.91 Å². The second-order valence-corrected chi connectivity index (χ2v) is 4.63. The van der Waals surface area contributed by atoms with Crippen LogP contribution in [0.4, 0.5) is 5.82 Å². The molecule has 0 bridgehead atoms. The third kappa shape index (κ3) is 4.17. The lowest BCUT2D eigenvalue weighted by Crippen LogP contribution is -2.14. The monoisotopic (exact) mass is 288 g/mol. The van der Waals surface area contributed by atoms with Crippen LogP contribution in [0.25, 0.3) is 0 Å². The molecule has 2 rings (SSSR count). The Hall–Kier alpha value is -2.20. The fourth-order valence-electron chi connectivity index (χ4n) is 1.68. The minimum atomic E-state index is -0.237. The molecule has 1 aromatic heterocycles. The Balaban J connectivity index is 1.86. The molecule has 2 aromatic rings. The van der Waals surface area contributed by atoms with E-state index in [0.717, 1.165) is 0 Å². The van der Waals surface area contributed by atoms with Crippen molar-refractivity contribution in [1.82, 2.24) is 4.98 Å². The summed E-state index contributed by atoms with van der Waals surface area (Å²) in [5.74, 6) is 0.135. The van der Waals surface area contributed by atoms with Crippen molar-refractivity contribution in [2.24, 2.45) is 0 Å². The number of Topliss-reactive ketones (excluding diaryl/α,β-unsaturated/α-hetero) is 1. The fourth-order valence-corrected chi connectivity index (χ4v) is 1.87. The predicted octanol–water partition coefficient (Wildman–Crippen LogP) is 3.34. The molecule has 0 radical (unpaired) electrons. The van der Waals surface area contributed by atoms with Crippen LogP contribution in [-0.4, -0.2) is 16.7 Å². The van der Waals surface area contributed by atoms with Gasteiger partial charge < -0.3 is 5.32 Å². The van der Waals surface area contributed by atoms with Gasteiger partial charge in [-0.2, -0.15) is 0 Å². The molecular weight excluding hydrogens is 276 g/mol. The van der Waals surface area contributed by atoms with Crippen molar-refractivity contribution in [3.63, 3.8) is 0 Å². The number of hydrogen-bond donors (Lipinski definition) is 1. The Morgan fingerprint density at radius 3 is 2.65 bits per heavy atom. The van der Waals surface area contributed by atoms with Crippen LogP contribution < -0.4 is 5.32 Å². The zero-order valence-corrected chi connectivity index (χ0v) is 11.4. The van der Waals surface area contributed by atoms with Crippen molar-refractivity contribution >= 4 is 29.1 Å². The second kappa shape index (κ2) is 6.82. The van der Waals surface area contributed by atoms with E-state index in [1.807, 2.05) is 0 Å². The summed E-state index contributed by atoms with van der Waals surface area (Å²) in [7, 11) is 0. The second-order valence-electron chi connectivity index (χ2n) is 4.20. The minimum Gasteiger partial charge on any atom is -0.311 e. The number of benzene rings is 1. The van der Waals surface area contributed by atoms with Crippen LogP contribution in [0.1, 0.15) is 23.2 Å². The Morgan fingerprint density at radius 1 is 1.10 bits per heavy atom. The third-order valence-electron chi connectivity index (χ3n) is 2.66. The van der Waals surface area contributed by atoms with Crippen LogP contribution in [-0.2, 0) is 4.79 Å². The molecule has 0 unspecified atom stereocenters. The predicted molar refractivity (Wildman–Crippen MR) is 77.9 cm³/mol. The van der Waals surface area contributed by atoms with Crippen LogP contribution in [0.5, 0.6) is 0 Å². The maximum Gasteiger partial charge on any atom is 0.225 e. The third-order valence-corrected chi connectivity index (χ3v) is 2.89. The highest BCUT2D eigenvalue weighted by atomic mass is 35.5. The number of amides is 1. The van der Waals surface area contributed by atoms with Crippen molar-refractivity contribution in [1.29, 1.82) is 0 Å². The first-order valence-corrected chi connectivity index (χ1v) is 6.52. The molecule has 0 saturated carbocycles. The standard InChI is InChI=1S/C15H13ClN2O2/c16-12-5-3-4-11(10-12)13(19)7-8-15(20)18-14-6-1-2-9-17-14/h1-6,9-10H,7-8H2,(H,17,18,20). The van der Waals surface area contributed by atoms with Gasteiger partial charge in [0.05, 0.1) is 0 Å². The topological polar surface area (TPSA) is 59.1 Å². The Kier molecular flexibility index (Phi) is 4.85. The number of hydrogen-bond acceptors (Lipinski definition) is 3. The molecule has 1 N–H and O–H groups in total. The zero-order chi connectivity index (χ0) is 14.4. The molecule has 1 heterocycles. The van der Waals surface area contributed by atoms with Gasteiger partial charge in [-0.05, 0) is 24.3 Å². The summed E-state index contributed by atoms with van der Waals surface area (Å²) < 4.78 is 0. The maximum atomic E-state index is 11.9. The van der Waals surface area contributed by atoms with Crippen LogP contribution in [0.3, 0.4) is 0 Å². The molecule has 20 heavy (non-hydrogen) atoms. The molecule has 0 aliphatic carbocycles. The first-order chi connectivity index (χ1) is 9.65. The van der Waals surface area contributed by atoms with E-state index in [2.05, 4.69) is 10.3 Å². The number of aromatic nitrogens is 1.